The quantitative estimate of drug-likeness (QED) is 0.0288. The minimum atomic E-state index is -4.83. The Hall–Kier alpha value is -11.8. The Bertz CT molecular complexity index is 6850. The lowest BCUT2D eigenvalue weighted by molar-refractivity contribution is -0.179. The number of fused-ring (bicyclic) bond motifs is 4. The minimum Gasteiger partial charge on any atom is -0.493 e. The summed E-state index contributed by atoms with van der Waals surface area (Å²) in [6.07, 6.45) is 3.93. The largest absolute Gasteiger partial charge is 0.530 e. The third-order valence-electron chi connectivity index (χ3n) is 18.8. The van der Waals surface area contributed by atoms with Crippen LogP contribution in [-0.4, -0.2) is 161 Å². The Morgan fingerprint density at radius 3 is 0.969 bits per heavy atom. The maximum Gasteiger partial charge on any atom is 0.530 e. The molecule has 8 aliphatic rings. The van der Waals surface area contributed by atoms with E-state index in [-0.39, 0.29) is 83.4 Å². The molecule has 0 aliphatic carbocycles. The van der Waals surface area contributed by atoms with Crippen molar-refractivity contribution >= 4 is 31.3 Å². The standard InChI is InChI=1S/4C19H18FN2O9P/c4*1-3-11-8-22(18(25)21-16(11)24)17-13(23)7-19(20,30-17)10-29-32(26)28-9-12-5-4-6-14(27-2)15(12)31-32/h4*1,4-6,8,13,17,23H,7,9-10H2,2H3,(H,21,24,25)/t4*13-,17-,19+,32?/m1111/s1/i10D2,17D;17D;10D2;. The molecule has 8 aliphatic heterocycles. The molecule has 4 unspecified atom stereocenters. The second-order valence-electron chi connectivity index (χ2n) is 27.4. The van der Waals surface area contributed by atoms with Gasteiger partial charge in [0.05, 0.1) is 63.1 Å². The number of benzene rings is 4. The lowest BCUT2D eigenvalue weighted by atomic mass is 10.2. The van der Waals surface area contributed by atoms with Gasteiger partial charge in [0.25, 0.3) is 22.2 Å². The van der Waals surface area contributed by atoms with Gasteiger partial charge in [-0.3, -0.25) is 93.6 Å². The van der Waals surface area contributed by atoms with Crippen molar-refractivity contribution < 1.29 is 157 Å². The maximum absolute atomic E-state index is 15.8. The number of rotatable bonds is 20. The number of terminal acetylenes is 4. The number of nitrogens with one attached hydrogen (secondary N) is 4. The highest BCUT2D eigenvalue weighted by atomic mass is 31.2. The number of alkyl halides is 4. The second-order valence-corrected chi connectivity index (χ2v) is 33.6. The lowest BCUT2D eigenvalue weighted by Crippen LogP contribution is -2.37. The number of H-pyrrole nitrogens is 4. The SMILES string of the molecule is C#Cc1cn([C@@H]2O[C@](F)(COP3(=O)OCc4cccc(OC)c4O3)C[C@H]2O)c(=O)[nH]c1=O.[2H]C([2H])(OP1(=O)OCc2cccc(OC)c2O1)[C@]1(F)C[C@@H](O)[C@H](n2cc(C#C)c(=O)[nH]c2=O)O1.[2H]C([2H])(OP1(=O)OCc2cccc(OC)c2O1)[C@]1(F)C[C@@H](O)[C@]([2H])(n2cc(C#C)c(=O)[nH]c2=O)O1.[2H][C@@]1(n2cc(C#C)c(=O)[nH]c2=O)O[C@](F)(COP2(=O)OCc3cccc(OC)c3O2)C[C@H]1O. The summed E-state index contributed by atoms with van der Waals surface area (Å²) in [5, 5.41) is 41.3. The molecular weight excluding hydrogens is 1800 g/mol. The third-order valence-corrected chi connectivity index (χ3v) is 23.7. The first-order valence-corrected chi connectivity index (χ1v) is 42.4. The molecule has 4 aromatic heterocycles. The predicted octanol–water partition coefficient (Wildman–Crippen LogP) is 4.82. The van der Waals surface area contributed by atoms with Crippen LogP contribution in [0.25, 0.3) is 0 Å². The van der Waals surface area contributed by atoms with E-state index in [1.165, 1.54) is 40.6 Å². The molecule has 4 saturated heterocycles. The molecule has 12 heterocycles. The summed E-state index contributed by atoms with van der Waals surface area (Å²) in [6.45, 7) is -10.1. The topological polar surface area (TPSA) is 553 Å². The van der Waals surface area contributed by atoms with Gasteiger partial charge < -0.3 is 76.4 Å². The van der Waals surface area contributed by atoms with Gasteiger partial charge in [-0.2, -0.15) is 0 Å². The fraction of sp³-hybridized carbons (Fsp3) is 0.368. The summed E-state index contributed by atoms with van der Waals surface area (Å²) in [5.41, 5.74) is -7.46. The van der Waals surface area contributed by atoms with E-state index in [4.69, 9.17) is 126 Å². The third kappa shape index (κ3) is 20.4. The number of ether oxygens (including phenoxy) is 8. The monoisotopic (exact) mass is 1880 g/mol. The highest BCUT2D eigenvalue weighted by Gasteiger charge is 2.56. The smallest absolute Gasteiger partial charge is 0.493 e. The van der Waals surface area contributed by atoms with Crippen molar-refractivity contribution in [2.75, 3.05) is 54.8 Å². The molecule has 44 nitrogen and oxygen atoms in total. The number of para-hydroxylation sites is 4. The fourth-order valence-corrected chi connectivity index (χ4v) is 17.4. The molecule has 0 amide bonds. The number of phosphoric ester groups is 4. The normalized spacial score (nSPS) is 31.1. The maximum atomic E-state index is 15.8. The average molecular weight is 1880 g/mol. The summed E-state index contributed by atoms with van der Waals surface area (Å²) in [5.74, 6) is -3.57. The number of aromatic amines is 4. The zero-order chi connectivity index (χ0) is 97.8. The van der Waals surface area contributed by atoms with Gasteiger partial charge in [-0.05, 0) is 24.3 Å². The minimum absolute atomic E-state index is 0.0323. The van der Waals surface area contributed by atoms with Crippen molar-refractivity contribution in [1.29, 1.82) is 0 Å². The lowest BCUT2D eigenvalue weighted by Gasteiger charge is -2.28. The van der Waals surface area contributed by atoms with Crippen molar-refractivity contribution in [3.63, 3.8) is 0 Å². The number of halogens is 4. The van der Waals surface area contributed by atoms with E-state index in [1.807, 2.05) is 32.7 Å². The van der Waals surface area contributed by atoms with Crippen LogP contribution in [0.1, 0.15) is 103 Å². The molecule has 680 valence electrons. The van der Waals surface area contributed by atoms with Crippen LogP contribution in [-0.2, 0) is 99.8 Å². The molecule has 128 heavy (non-hydrogen) atoms. The van der Waals surface area contributed by atoms with Crippen LogP contribution in [0.3, 0.4) is 0 Å². The molecule has 0 bridgehead atoms. The van der Waals surface area contributed by atoms with E-state index in [1.54, 1.807) is 65.6 Å². The van der Waals surface area contributed by atoms with Crippen molar-refractivity contribution in [2.24, 2.45) is 0 Å². The Labute approximate surface area is 724 Å². The number of aliphatic hydroxyl groups excluding tert-OH is 4. The summed E-state index contributed by atoms with van der Waals surface area (Å²) in [4.78, 5) is 103. The van der Waals surface area contributed by atoms with Crippen LogP contribution in [0.4, 0.5) is 17.6 Å². The van der Waals surface area contributed by atoms with Crippen molar-refractivity contribution in [2.45, 2.75) is 125 Å². The Morgan fingerprint density at radius 1 is 0.406 bits per heavy atom. The van der Waals surface area contributed by atoms with E-state index >= 15 is 17.6 Å². The first-order valence-electron chi connectivity index (χ1n) is 39.5. The van der Waals surface area contributed by atoms with E-state index in [0.29, 0.717) is 47.9 Å². The van der Waals surface area contributed by atoms with E-state index in [2.05, 4.69) is 5.92 Å². The highest BCUT2D eigenvalue weighted by molar-refractivity contribution is 7.49. The molecule has 52 heteroatoms. The summed E-state index contributed by atoms with van der Waals surface area (Å²) in [7, 11) is -12.7. The van der Waals surface area contributed by atoms with Crippen LogP contribution in [0.5, 0.6) is 46.0 Å². The van der Waals surface area contributed by atoms with Crippen molar-refractivity contribution in [3.05, 3.63) is 225 Å². The van der Waals surface area contributed by atoms with E-state index in [9.17, 15) is 77.0 Å². The Morgan fingerprint density at radius 2 is 0.656 bits per heavy atom. The van der Waals surface area contributed by atoms with Crippen molar-refractivity contribution in [1.82, 2.24) is 38.2 Å². The molecule has 4 fully saturated rings. The van der Waals surface area contributed by atoms with Gasteiger partial charge in [-0.15, -0.1) is 25.7 Å². The van der Waals surface area contributed by atoms with Crippen LogP contribution < -0.4 is 82.0 Å². The highest BCUT2D eigenvalue weighted by Crippen LogP contribution is 2.62. The second kappa shape index (κ2) is 37.5. The van der Waals surface area contributed by atoms with Crippen LogP contribution >= 0.6 is 31.3 Å². The molecular formula is C76H72F4N8O36P4. The zero-order valence-corrected chi connectivity index (χ0v) is 69.6. The molecule has 8 N–H and O–H groups in total. The van der Waals surface area contributed by atoms with Gasteiger partial charge >= 0.3 is 54.0 Å². The van der Waals surface area contributed by atoms with Gasteiger partial charge in [0.2, 0.25) is 23.4 Å². The average Bonchev–Trinajstić information content (AvgIpc) is 1.56. The Balaban J connectivity index is 0.000000152. The number of phosphoric acid groups is 4. The summed E-state index contributed by atoms with van der Waals surface area (Å²) < 4.78 is 267. The number of aliphatic hydroxyl groups is 4. The van der Waals surface area contributed by atoms with Crippen LogP contribution in [0.2, 0.25) is 0 Å². The molecule has 8 aromatic rings. The first-order chi connectivity index (χ1) is 62.9. The number of aromatic nitrogens is 8. The fourth-order valence-electron chi connectivity index (χ4n) is 12.7. The van der Waals surface area contributed by atoms with Gasteiger partial charge in [-0.1, -0.05) is 72.2 Å². The predicted molar refractivity (Wildman–Crippen MR) is 423 cm³/mol. The van der Waals surface area contributed by atoms with Crippen LogP contribution in [0, 0.1) is 49.4 Å². The number of hydrogen-bond donors (Lipinski definition) is 8. The first kappa shape index (κ1) is 85.7. The van der Waals surface area contributed by atoms with E-state index < -0.39 is 207 Å². The van der Waals surface area contributed by atoms with Gasteiger partial charge in [-0.25, -0.2) is 55.0 Å². The molecule has 0 saturated carbocycles. The molecule has 4 aromatic carbocycles. The summed E-state index contributed by atoms with van der Waals surface area (Å²) in [6, 6.07) is 19.1. The number of methoxy groups -OCH3 is 4. The zero-order valence-electron chi connectivity index (χ0n) is 72.0. The van der Waals surface area contributed by atoms with Crippen LogP contribution in [0.15, 0.2) is 136 Å². The molecule has 16 rings (SSSR count). The molecule has 0 radical (unpaired) electrons. The number of nitrogens with zero attached hydrogens (tertiary/aromatic N) is 4. The number of hydrogen-bond acceptors (Lipinski definition) is 36. The summed E-state index contributed by atoms with van der Waals surface area (Å²) >= 11 is 0. The Kier molecular flexibility index (Phi) is 25.1. The van der Waals surface area contributed by atoms with Gasteiger partial charge in [0.15, 0.2) is 70.9 Å². The molecule has 0 spiro atoms. The van der Waals surface area contributed by atoms with Gasteiger partial charge in [0, 0.05) is 72.7 Å². The van der Waals surface area contributed by atoms with Crippen molar-refractivity contribution in [3.8, 4) is 95.4 Å². The van der Waals surface area contributed by atoms with Gasteiger partial charge in [0.1, 0.15) is 73.0 Å². The molecule has 16 atom stereocenters. The van der Waals surface area contributed by atoms with E-state index in [0.717, 1.165) is 23.2 Å².